The van der Waals surface area contributed by atoms with E-state index in [2.05, 4.69) is 20.3 Å². The number of benzene rings is 1. The molecule has 198 valence electrons. The average molecular weight is 547 g/mol. The molecule has 1 aromatic carbocycles. The summed E-state index contributed by atoms with van der Waals surface area (Å²) >= 11 is 6.04. The summed E-state index contributed by atoms with van der Waals surface area (Å²) in [5.41, 5.74) is 1.79. The number of halogens is 1. The first-order valence-electron chi connectivity index (χ1n) is 12.3. The van der Waals surface area contributed by atoms with Crippen molar-refractivity contribution in [3.63, 3.8) is 0 Å². The van der Waals surface area contributed by atoms with E-state index in [0.29, 0.717) is 22.0 Å². The van der Waals surface area contributed by atoms with Crippen molar-refractivity contribution in [1.82, 2.24) is 34.5 Å². The van der Waals surface area contributed by atoms with Crippen LogP contribution in [0.5, 0.6) is 0 Å². The second-order valence-corrected chi connectivity index (χ2v) is 12.1. The van der Waals surface area contributed by atoms with Crippen LogP contribution in [0, 0.1) is 5.92 Å². The highest BCUT2D eigenvalue weighted by molar-refractivity contribution is 7.89. The molecule has 2 N–H and O–H groups in total. The molecule has 0 radical (unpaired) electrons. The molecule has 0 spiro atoms. The van der Waals surface area contributed by atoms with Gasteiger partial charge in [-0.2, -0.15) is 4.31 Å². The van der Waals surface area contributed by atoms with Gasteiger partial charge in [0.2, 0.25) is 17.0 Å². The monoisotopic (exact) mass is 546 g/mol. The van der Waals surface area contributed by atoms with Crippen LogP contribution in [0.1, 0.15) is 31.5 Å². The van der Waals surface area contributed by atoms with E-state index in [9.17, 15) is 13.2 Å². The molecular formula is C24H31ClN8O3S. The van der Waals surface area contributed by atoms with Crippen molar-refractivity contribution in [1.29, 1.82) is 0 Å². The molecule has 11 nitrogen and oxygen atoms in total. The standard InChI is InChI=1S/C24H31ClN8O3S/c1-15-13-32(37(35,36)24-29-18-5-4-17(25)12-20(18)30-24)14-21(34)33(15)22(16-6-9-26-10-7-16)19-8-11-27-23(28-19)31(2)3/h4-5,8,11-12,15-16,22,26H,6-7,9-10,13-14H2,1-3H3,(H,29,30). The fourth-order valence-electron chi connectivity index (χ4n) is 5.25. The van der Waals surface area contributed by atoms with E-state index in [1.54, 1.807) is 24.4 Å². The van der Waals surface area contributed by atoms with Gasteiger partial charge in [-0.25, -0.2) is 23.4 Å². The second-order valence-electron chi connectivity index (χ2n) is 9.86. The van der Waals surface area contributed by atoms with Gasteiger partial charge in [-0.15, -0.1) is 0 Å². The fourth-order valence-corrected chi connectivity index (χ4v) is 6.82. The predicted molar refractivity (Wildman–Crippen MR) is 141 cm³/mol. The van der Waals surface area contributed by atoms with Gasteiger partial charge >= 0.3 is 0 Å². The first kappa shape index (κ1) is 25.8. The van der Waals surface area contributed by atoms with Crippen molar-refractivity contribution in [2.75, 3.05) is 45.2 Å². The zero-order valence-corrected chi connectivity index (χ0v) is 22.6. The van der Waals surface area contributed by atoms with Crippen LogP contribution in [0.15, 0.2) is 35.6 Å². The molecule has 2 unspecified atom stereocenters. The molecule has 0 saturated carbocycles. The number of anilines is 1. The summed E-state index contributed by atoms with van der Waals surface area (Å²) < 4.78 is 28.2. The van der Waals surface area contributed by atoms with Crippen molar-refractivity contribution >= 4 is 44.5 Å². The van der Waals surface area contributed by atoms with E-state index in [1.807, 2.05) is 36.9 Å². The number of carbonyl (C=O) groups excluding carboxylic acids is 1. The van der Waals surface area contributed by atoms with Gasteiger partial charge in [-0.1, -0.05) is 11.6 Å². The number of imidazole rings is 1. The molecule has 2 saturated heterocycles. The zero-order valence-electron chi connectivity index (χ0n) is 21.1. The smallest absolute Gasteiger partial charge is 0.277 e. The fraction of sp³-hybridized carbons (Fsp3) is 0.500. The molecule has 2 fully saturated rings. The van der Waals surface area contributed by atoms with Gasteiger partial charge in [-0.05, 0) is 63.0 Å². The molecule has 2 aliphatic rings. The Bertz CT molecular complexity index is 1410. The molecular weight excluding hydrogens is 516 g/mol. The SMILES string of the molecule is CC1CN(S(=O)(=O)c2nc3ccc(Cl)cc3[nH]2)CC(=O)N1C(c1ccnc(N(C)C)n1)C1CCNCC1. The van der Waals surface area contributed by atoms with E-state index in [-0.39, 0.29) is 42.2 Å². The Labute approximate surface area is 221 Å². The predicted octanol–water partition coefficient (Wildman–Crippen LogP) is 2.03. The number of aromatic nitrogens is 4. The number of piperazine rings is 1. The third kappa shape index (κ3) is 5.02. The van der Waals surface area contributed by atoms with Crippen LogP contribution in [-0.4, -0.2) is 89.8 Å². The maximum atomic E-state index is 13.7. The number of amides is 1. The molecule has 37 heavy (non-hydrogen) atoms. The number of carbonyl (C=O) groups is 1. The number of piperidine rings is 1. The Morgan fingerprint density at radius 2 is 1.92 bits per heavy atom. The summed E-state index contributed by atoms with van der Waals surface area (Å²) in [7, 11) is -0.271. The highest BCUT2D eigenvalue weighted by Gasteiger charge is 2.44. The van der Waals surface area contributed by atoms with Crippen LogP contribution in [0.4, 0.5) is 5.95 Å². The van der Waals surface area contributed by atoms with E-state index >= 15 is 0 Å². The van der Waals surface area contributed by atoms with Crippen LogP contribution in [0.25, 0.3) is 11.0 Å². The van der Waals surface area contributed by atoms with Crippen molar-refractivity contribution < 1.29 is 13.2 Å². The van der Waals surface area contributed by atoms with Crippen LogP contribution in [0.3, 0.4) is 0 Å². The Morgan fingerprint density at radius 1 is 1.16 bits per heavy atom. The molecule has 0 aliphatic carbocycles. The number of hydrogen-bond donors (Lipinski definition) is 2. The van der Waals surface area contributed by atoms with E-state index in [1.165, 1.54) is 4.31 Å². The number of aromatic amines is 1. The lowest BCUT2D eigenvalue weighted by molar-refractivity contribution is -0.142. The highest BCUT2D eigenvalue weighted by atomic mass is 35.5. The van der Waals surface area contributed by atoms with Gasteiger partial charge in [0.15, 0.2) is 0 Å². The lowest BCUT2D eigenvalue weighted by atomic mass is 9.86. The maximum absolute atomic E-state index is 13.7. The topological polar surface area (TPSA) is 127 Å². The third-order valence-corrected chi connectivity index (χ3v) is 8.92. The lowest BCUT2D eigenvalue weighted by Crippen LogP contribution is -2.59. The first-order chi connectivity index (χ1) is 17.6. The molecule has 5 rings (SSSR count). The number of hydrogen-bond acceptors (Lipinski definition) is 8. The molecule has 4 heterocycles. The normalized spacial score (nSPS) is 20.9. The van der Waals surface area contributed by atoms with Gasteiger partial charge < -0.3 is 20.1 Å². The minimum Gasteiger partial charge on any atom is -0.347 e. The molecule has 3 aromatic rings. The molecule has 0 bridgehead atoms. The molecule has 2 aliphatic heterocycles. The van der Waals surface area contributed by atoms with Crippen LogP contribution < -0.4 is 10.2 Å². The first-order valence-corrected chi connectivity index (χ1v) is 14.1. The third-order valence-electron chi connectivity index (χ3n) is 7.05. The highest BCUT2D eigenvalue weighted by Crippen LogP contribution is 2.37. The molecule has 13 heteroatoms. The van der Waals surface area contributed by atoms with E-state index in [4.69, 9.17) is 16.6 Å². The maximum Gasteiger partial charge on any atom is 0.277 e. The van der Waals surface area contributed by atoms with Crippen molar-refractivity contribution in [3.05, 3.63) is 41.2 Å². The summed E-state index contributed by atoms with van der Waals surface area (Å²) in [6.45, 7) is 3.50. The Balaban J connectivity index is 1.45. The molecule has 1 amide bonds. The summed E-state index contributed by atoms with van der Waals surface area (Å²) in [4.78, 5) is 33.6. The minimum absolute atomic E-state index is 0.152. The largest absolute Gasteiger partial charge is 0.347 e. The number of rotatable bonds is 6. The van der Waals surface area contributed by atoms with Gasteiger partial charge in [-0.3, -0.25) is 4.79 Å². The summed E-state index contributed by atoms with van der Waals surface area (Å²) in [5, 5.41) is 3.67. The Morgan fingerprint density at radius 3 is 2.62 bits per heavy atom. The Hall–Kier alpha value is -2.80. The van der Waals surface area contributed by atoms with Crippen molar-refractivity contribution in [2.24, 2.45) is 5.92 Å². The zero-order chi connectivity index (χ0) is 26.3. The van der Waals surface area contributed by atoms with Gasteiger partial charge in [0.25, 0.3) is 10.0 Å². The number of nitrogens with one attached hydrogen (secondary N) is 2. The van der Waals surface area contributed by atoms with Crippen molar-refractivity contribution in [2.45, 2.75) is 37.0 Å². The second kappa shape index (κ2) is 10.2. The molecule has 2 aromatic heterocycles. The van der Waals surface area contributed by atoms with Gasteiger partial charge in [0.1, 0.15) is 0 Å². The lowest BCUT2D eigenvalue weighted by Gasteiger charge is -2.46. The quantitative estimate of drug-likeness (QED) is 0.481. The van der Waals surface area contributed by atoms with Crippen LogP contribution >= 0.6 is 11.6 Å². The number of sulfonamides is 1. The van der Waals surface area contributed by atoms with Gasteiger partial charge in [0.05, 0.1) is 29.3 Å². The Kier molecular flexibility index (Phi) is 7.10. The number of fused-ring (bicyclic) bond motifs is 1. The van der Waals surface area contributed by atoms with Gasteiger partial charge in [0, 0.05) is 37.9 Å². The van der Waals surface area contributed by atoms with Crippen molar-refractivity contribution in [3.8, 4) is 0 Å². The minimum atomic E-state index is -4.03. The molecule has 2 atom stereocenters. The summed E-state index contributed by atoms with van der Waals surface area (Å²) in [5.74, 6) is 0.513. The van der Waals surface area contributed by atoms with E-state index in [0.717, 1.165) is 31.6 Å². The van der Waals surface area contributed by atoms with E-state index < -0.39 is 10.0 Å². The summed E-state index contributed by atoms with van der Waals surface area (Å²) in [6.07, 6.45) is 3.51. The summed E-state index contributed by atoms with van der Waals surface area (Å²) in [6, 6.07) is 6.16. The average Bonchev–Trinajstić information content (AvgIpc) is 3.31. The number of nitrogens with zero attached hydrogens (tertiary/aromatic N) is 6. The van der Waals surface area contributed by atoms with Crippen LogP contribution in [-0.2, 0) is 14.8 Å². The van der Waals surface area contributed by atoms with Crippen LogP contribution in [0.2, 0.25) is 5.02 Å². The number of H-pyrrole nitrogens is 1.